The van der Waals surface area contributed by atoms with Crippen LogP contribution in [0.15, 0.2) is 30.0 Å². The Labute approximate surface area is 164 Å². The molecule has 0 atom stereocenters. The quantitative estimate of drug-likeness (QED) is 0.477. The van der Waals surface area contributed by atoms with E-state index in [0.717, 1.165) is 31.5 Å². The highest BCUT2D eigenvalue weighted by molar-refractivity contribution is 6.22. The molecule has 0 radical (unpaired) electrons. The minimum Gasteiger partial charge on any atom is -0.498 e. The third kappa shape index (κ3) is 4.17. The van der Waals surface area contributed by atoms with Crippen LogP contribution in [0.2, 0.25) is 0 Å². The first-order valence-electron chi connectivity index (χ1n) is 9.37. The molecule has 150 valence electrons. The van der Waals surface area contributed by atoms with Gasteiger partial charge in [0.2, 0.25) is 0 Å². The molecule has 1 amide bonds. The van der Waals surface area contributed by atoms with Crippen LogP contribution >= 0.6 is 0 Å². The van der Waals surface area contributed by atoms with Crippen molar-refractivity contribution >= 4 is 23.3 Å². The van der Waals surface area contributed by atoms with Crippen molar-refractivity contribution in [2.24, 2.45) is 5.73 Å². The summed E-state index contributed by atoms with van der Waals surface area (Å²) in [5, 5.41) is 16.3. The van der Waals surface area contributed by atoms with Gasteiger partial charge in [0.05, 0.1) is 25.6 Å². The summed E-state index contributed by atoms with van der Waals surface area (Å²) in [4.78, 5) is 27.9. The predicted molar refractivity (Wildman–Crippen MR) is 105 cm³/mol. The van der Waals surface area contributed by atoms with Crippen LogP contribution in [-0.2, 0) is 14.3 Å². The Kier molecular flexibility index (Phi) is 5.99. The molecular formula is C20H26N4O4. The molecular weight excluding hydrogens is 360 g/mol. The maximum atomic E-state index is 13.1. The Morgan fingerprint density at radius 1 is 1.29 bits per heavy atom. The highest BCUT2D eigenvalue weighted by atomic mass is 16.5. The number of nitrogens with zero attached hydrogens (tertiary/aromatic N) is 2. The summed E-state index contributed by atoms with van der Waals surface area (Å²) in [6.07, 6.45) is 1.78. The van der Waals surface area contributed by atoms with Gasteiger partial charge in [0, 0.05) is 31.2 Å². The number of nitrogen functional groups attached to an aromatic ring is 1. The maximum absolute atomic E-state index is 13.1. The van der Waals surface area contributed by atoms with E-state index >= 15 is 0 Å². The average Bonchev–Trinajstić information content (AvgIpc) is 3.03. The molecule has 0 bridgehead atoms. The van der Waals surface area contributed by atoms with E-state index in [0.29, 0.717) is 30.0 Å². The third-order valence-electron chi connectivity index (χ3n) is 5.44. The van der Waals surface area contributed by atoms with Crippen molar-refractivity contribution in [3.05, 3.63) is 41.2 Å². The van der Waals surface area contributed by atoms with Gasteiger partial charge in [0.1, 0.15) is 11.6 Å². The number of hydrogen-bond donors (Lipinski definition) is 3. The number of benzene rings is 1. The molecule has 2 aliphatic rings. The number of likely N-dealkylation sites (tertiary alicyclic amines) is 1. The van der Waals surface area contributed by atoms with E-state index in [1.165, 1.54) is 0 Å². The SMILES string of the molecule is COC1=C(c2ccc(C(=N)N)cc2)C(=O)N(C2CCN(CCC(=O)O)CC2)C1. The first-order valence-corrected chi connectivity index (χ1v) is 9.37. The van der Waals surface area contributed by atoms with Gasteiger partial charge in [-0.25, -0.2) is 0 Å². The number of amidine groups is 1. The summed E-state index contributed by atoms with van der Waals surface area (Å²) in [6.45, 7) is 2.56. The predicted octanol–water partition coefficient (Wildman–Crippen LogP) is 1.11. The molecule has 4 N–H and O–H groups in total. The van der Waals surface area contributed by atoms with E-state index < -0.39 is 5.97 Å². The molecule has 2 aliphatic heterocycles. The summed E-state index contributed by atoms with van der Waals surface area (Å²) in [5.74, 6) is -0.196. The highest BCUT2D eigenvalue weighted by Gasteiger charge is 2.37. The lowest BCUT2D eigenvalue weighted by atomic mass is 10.0. The number of methoxy groups -OCH3 is 1. The maximum Gasteiger partial charge on any atom is 0.304 e. The number of hydrogen-bond acceptors (Lipinski definition) is 5. The van der Waals surface area contributed by atoms with E-state index in [1.54, 1.807) is 31.4 Å². The highest BCUT2D eigenvalue weighted by Crippen LogP contribution is 2.32. The van der Waals surface area contributed by atoms with Crippen LogP contribution in [0.5, 0.6) is 0 Å². The first-order chi connectivity index (χ1) is 13.4. The van der Waals surface area contributed by atoms with Crippen LogP contribution in [0.3, 0.4) is 0 Å². The van der Waals surface area contributed by atoms with Crippen LogP contribution in [0.1, 0.15) is 30.4 Å². The van der Waals surface area contributed by atoms with Gasteiger partial charge in [-0.2, -0.15) is 0 Å². The van der Waals surface area contributed by atoms with Gasteiger partial charge in [0.25, 0.3) is 5.91 Å². The normalized spacial score (nSPS) is 18.6. The van der Waals surface area contributed by atoms with Crippen molar-refractivity contribution in [2.45, 2.75) is 25.3 Å². The Bertz CT molecular complexity index is 795. The van der Waals surface area contributed by atoms with Gasteiger partial charge in [-0.1, -0.05) is 24.3 Å². The van der Waals surface area contributed by atoms with E-state index in [9.17, 15) is 9.59 Å². The molecule has 0 saturated carbocycles. The van der Waals surface area contributed by atoms with E-state index in [2.05, 4.69) is 4.90 Å². The molecule has 8 heteroatoms. The standard InChI is InChI=1S/C20H26N4O4/c1-28-16-12-24(15-6-9-23(10-7-15)11-8-17(25)26)20(27)18(16)13-2-4-14(5-3-13)19(21)22/h2-5,15H,6-12H2,1H3,(H3,21,22)(H,25,26). The molecule has 1 aromatic rings. The number of piperidine rings is 1. The number of carbonyl (C=O) groups excluding carboxylic acids is 1. The van der Waals surface area contributed by atoms with Gasteiger partial charge in [-0.15, -0.1) is 0 Å². The second-order valence-electron chi connectivity index (χ2n) is 7.14. The second-order valence-corrected chi connectivity index (χ2v) is 7.14. The topological polar surface area (TPSA) is 120 Å². The number of aliphatic carboxylic acids is 1. The smallest absolute Gasteiger partial charge is 0.304 e. The van der Waals surface area contributed by atoms with Crippen molar-refractivity contribution < 1.29 is 19.4 Å². The van der Waals surface area contributed by atoms with Gasteiger partial charge in [-0.05, 0) is 18.4 Å². The minimum absolute atomic E-state index is 0.0125. The van der Waals surface area contributed by atoms with E-state index in [-0.39, 0.29) is 24.2 Å². The van der Waals surface area contributed by atoms with Crippen LogP contribution in [0.25, 0.3) is 5.57 Å². The van der Waals surface area contributed by atoms with Crippen molar-refractivity contribution in [1.29, 1.82) is 5.41 Å². The van der Waals surface area contributed by atoms with Crippen LogP contribution < -0.4 is 5.73 Å². The summed E-state index contributed by atoms with van der Waals surface area (Å²) in [5.41, 5.74) is 7.43. The molecule has 0 unspecified atom stereocenters. The number of nitrogens with one attached hydrogen (secondary N) is 1. The van der Waals surface area contributed by atoms with Gasteiger partial charge in [-0.3, -0.25) is 15.0 Å². The Morgan fingerprint density at radius 3 is 2.46 bits per heavy atom. The zero-order chi connectivity index (χ0) is 20.3. The van der Waals surface area contributed by atoms with E-state index in [1.807, 2.05) is 4.90 Å². The number of rotatable bonds is 7. The van der Waals surface area contributed by atoms with Gasteiger partial charge in [0.15, 0.2) is 0 Å². The Hall–Kier alpha value is -2.87. The van der Waals surface area contributed by atoms with E-state index in [4.69, 9.17) is 21.0 Å². The zero-order valence-corrected chi connectivity index (χ0v) is 16.0. The minimum atomic E-state index is -0.786. The van der Waals surface area contributed by atoms with Crippen molar-refractivity contribution in [1.82, 2.24) is 9.80 Å². The second kappa shape index (κ2) is 8.43. The number of carboxylic acids is 1. The Balaban J connectivity index is 1.68. The number of carboxylic acid groups (broad SMARTS) is 1. The molecule has 0 aliphatic carbocycles. The number of ether oxygens (including phenoxy) is 1. The van der Waals surface area contributed by atoms with Gasteiger partial charge < -0.3 is 25.4 Å². The van der Waals surface area contributed by atoms with Crippen LogP contribution in [-0.4, -0.2) is 71.9 Å². The molecule has 0 aromatic heterocycles. The number of nitrogens with two attached hydrogens (primary N) is 1. The van der Waals surface area contributed by atoms with Crippen molar-refractivity contribution in [2.75, 3.05) is 33.3 Å². The fourth-order valence-corrected chi connectivity index (χ4v) is 3.84. The molecule has 1 fully saturated rings. The van der Waals surface area contributed by atoms with Crippen LogP contribution in [0.4, 0.5) is 0 Å². The molecule has 0 spiro atoms. The number of carbonyl (C=O) groups is 2. The zero-order valence-electron chi connectivity index (χ0n) is 16.0. The lowest BCUT2D eigenvalue weighted by Gasteiger charge is -2.36. The fourth-order valence-electron chi connectivity index (χ4n) is 3.84. The lowest BCUT2D eigenvalue weighted by Crippen LogP contribution is -2.46. The first kappa shape index (κ1) is 19.9. The molecule has 3 rings (SSSR count). The summed E-state index contributed by atoms with van der Waals surface area (Å²) >= 11 is 0. The molecule has 8 nitrogen and oxygen atoms in total. The van der Waals surface area contributed by atoms with Crippen molar-refractivity contribution in [3.63, 3.8) is 0 Å². The third-order valence-corrected chi connectivity index (χ3v) is 5.44. The molecule has 28 heavy (non-hydrogen) atoms. The fraction of sp³-hybridized carbons (Fsp3) is 0.450. The molecule has 1 aromatic carbocycles. The largest absolute Gasteiger partial charge is 0.498 e. The monoisotopic (exact) mass is 386 g/mol. The van der Waals surface area contributed by atoms with Crippen molar-refractivity contribution in [3.8, 4) is 0 Å². The molecule has 1 saturated heterocycles. The van der Waals surface area contributed by atoms with Gasteiger partial charge >= 0.3 is 5.97 Å². The molecule has 2 heterocycles. The summed E-state index contributed by atoms with van der Waals surface area (Å²) in [7, 11) is 1.57. The summed E-state index contributed by atoms with van der Waals surface area (Å²) < 4.78 is 5.51. The number of amides is 1. The summed E-state index contributed by atoms with van der Waals surface area (Å²) in [6, 6.07) is 7.17. The lowest BCUT2D eigenvalue weighted by molar-refractivity contribution is -0.137. The van der Waals surface area contributed by atoms with Crippen LogP contribution in [0, 0.1) is 5.41 Å². The Morgan fingerprint density at radius 2 is 1.93 bits per heavy atom. The average molecular weight is 386 g/mol.